The summed E-state index contributed by atoms with van der Waals surface area (Å²) in [4.78, 5) is 29.1. The largest absolute Gasteiger partial charge is 0.326 e. The molecule has 0 bridgehead atoms. The number of aromatic nitrogens is 4. The minimum Gasteiger partial charge on any atom is -0.326 e. The van der Waals surface area contributed by atoms with Crippen LogP contribution in [0.3, 0.4) is 0 Å². The van der Waals surface area contributed by atoms with Crippen LogP contribution in [-0.4, -0.2) is 25.2 Å². The number of amides is 1. The molecule has 0 aliphatic heterocycles. The Kier molecular flexibility index (Phi) is 5.46. The lowest BCUT2D eigenvalue weighted by Crippen LogP contribution is -2.23. The Hall–Kier alpha value is -2.96. The molecule has 1 aromatic carbocycles. The van der Waals surface area contributed by atoms with Gasteiger partial charge >= 0.3 is 0 Å². The summed E-state index contributed by atoms with van der Waals surface area (Å²) >= 11 is 0. The second-order valence-corrected chi connectivity index (χ2v) is 6.75. The van der Waals surface area contributed by atoms with Crippen LogP contribution in [0.5, 0.6) is 0 Å². The lowest BCUT2D eigenvalue weighted by Gasteiger charge is -2.10. The summed E-state index contributed by atoms with van der Waals surface area (Å²) in [5, 5.41) is 7.48. The molecule has 0 unspecified atom stereocenters. The van der Waals surface area contributed by atoms with Crippen molar-refractivity contribution in [3.05, 3.63) is 53.3 Å². The van der Waals surface area contributed by atoms with Gasteiger partial charge in [0.25, 0.3) is 5.56 Å². The van der Waals surface area contributed by atoms with E-state index in [0.29, 0.717) is 48.4 Å². The molecule has 7 heteroatoms. The van der Waals surface area contributed by atoms with Crippen molar-refractivity contribution in [2.75, 3.05) is 5.32 Å². The summed E-state index contributed by atoms with van der Waals surface area (Å²) in [5.74, 6) is 0.271. The third-order valence-corrected chi connectivity index (χ3v) is 4.02. The lowest BCUT2D eigenvalue weighted by atomic mass is 10.2. The minimum atomic E-state index is -0.0847. The molecule has 2 heterocycles. The predicted molar refractivity (Wildman–Crippen MR) is 101 cm³/mol. The number of hydrogen-bond acceptors (Lipinski definition) is 4. The van der Waals surface area contributed by atoms with Gasteiger partial charge in [-0.05, 0) is 36.6 Å². The third kappa shape index (κ3) is 4.36. The first-order chi connectivity index (χ1) is 12.5. The van der Waals surface area contributed by atoms with Crippen LogP contribution < -0.4 is 10.9 Å². The highest BCUT2D eigenvalue weighted by Gasteiger charge is 2.08. The Labute approximate surface area is 151 Å². The number of carbonyl (C=O) groups is 1. The van der Waals surface area contributed by atoms with E-state index < -0.39 is 0 Å². The molecule has 0 aliphatic rings. The second-order valence-electron chi connectivity index (χ2n) is 6.75. The first kappa shape index (κ1) is 17.8. The van der Waals surface area contributed by atoms with E-state index in [2.05, 4.69) is 29.2 Å². The molecule has 3 aromatic rings. The maximum Gasteiger partial charge on any atom is 0.261 e. The zero-order valence-corrected chi connectivity index (χ0v) is 15.1. The van der Waals surface area contributed by atoms with Gasteiger partial charge in [-0.15, -0.1) is 0 Å². The molecule has 0 saturated carbocycles. The summed E-state index contributed by atoms with van der Waals surface area (Å²) in [6.45, 7) is 5.42. The van der Waals surface area contributed by atoms with Crippen molar-refractivity contribution >= 4 is 22.5 Å². The standard InChI is InChI=1S/C19H23N5O2/c1-14(2)12-23-13-20-17-7-6-15(11-16(17)19(23)26)22-18(25)5-3-9-24-10-4-8-21-24/h4,6-8,10-11,13-14H,3,5,9,12H2,1-2H3,(H,22,25). The van der Waals surface area contributed by atoms with E-state index in [9.17, 15) is 9.59 Å². The summed E-state index contributed by atoms with van der Waals surface area (Å²) in [5.41, 5.74) is 1.16. The smallest absolute Gasteiger partial charge is 0.261 e. The van der Waals surface area contributed by atoms with E-state index in [4.69, 9.17) is 0 Å². The average Bonchev–Trinajstić information content (AvgIpc) is 3.11. The van der Waals surface area contributed by atoms with Crippen molar-refractivity contribution in [3.8, 4) is 0 Å². The molecule has 0 saturated heterocycles. The van der Waals surface area contributed by atoms with Crippen LogP contribution in [0.2, 0.25) is 0 Å². The van der Waals surface area contributed by atoms with Gasteiger partial charge in [0, 0.05) is 37.6 Å². The molecule has 7 nitrogen and oxygen atoms in total. The minimum absolute atomic E-state index is 0.0806. The van der Waals surface area contributed by atoms with Crippen molar-refractivity contribution < 1.29 is 4.79 Å². The molecule has 0 aliphatic carbocycles. The van der Waals surface area contributed by atoms with E-state index in [1.165, 1.54) is 0 Å². The summed E-state index contributed by atoms with van der Waals surface area (Å²) < 4.78 is 3.41. The van der Waals surface area contributed by atoms with Crippen molar-refractivity contribution in [3.63, 3.8) is 0 Å². The molecular weight excluding hydrogens is 330 g/mol. The quantitative estimate of drug-likeness (QED) is 0.708. The van der Waals surface area contributed by atoms with Crippen LogP contribution in [-0.2, 0) is 17.9 Å². The molecule has 0 fully saturated rings. The van der Waals surface area contributed by atoms with E-state index in [1.54, 1.807) is 40.0 Å². The van der Waals surface area contributed by atoms with Crippen molar-refractivity contribution in [1.82, 2.24) is 19.3 Å². The molecule has 3 rings (SSSR count). The van der Waals surface area contributed by atoms with Gasteiger partial charge in [-0.2, -0.15) is 5.10 Å². The molecule has 0 atom stereocenters. The second kappa shape index (κ2) is 7.95. The van der Waals surface area contributed by atoms with Crippen molar-refractivity contribution in [2.24, 2.45) is 5.92 Å². The van der Waals surface area contributed by atoms with Gasteiger partial charge in [-0.1, -0.05) is 13.8 Å². The Morgan fingerprint density at radius 2 is 2.15 bits per heavy atom. The molecular formula is C19H23N5O2. The zero-order valence-electron chi connectivity index (χ0n) is 15.1. The maximum atomic E-state index is 12.6. The number of fused-ring (bicyclic) bond motifs is 1. The van der Waals surface area contributed by atoms with Crippen LogP contribution in [0.4, 0.5) is 5.69 Å². The molecule has 1 N–H and O–H groups in total. The first-order valence-corrected chi connectivity index (χ1v) is 8.79. The molecule has 0 spiro atoms. The van der Waals surface area contributed by atoms with Gasteiger partial charge in [0.1, 0.15) is 0 Å². The Bertz CT molecular complexity index is 944. The number of hydrogen-bond donors (Lipinski definition) is 1. The monoisotopic (exact) mass is 353 g/mol. The number of nitrogens with one attached hydrogen (secondary N) is 1. The number of nitrogens with zero attached hydrogens (tertiary/aromatic N) is 4. The first-order valence-electron chi connectivity index (χ1n) is 8.79. The summed E-state index contributed by atoms with van der Waals surface area (Å²) in [6.07, 6.45) is 6.26. The Morgan fingerprint density at radius 1 is 1.31 bits per heavy atom. The SMILES string of the molecule is CC(C)Cn1cnc2ccc(NC(=O)CCCn3cccn3)cc2c1=O. The van der Waals surface area contributed by atoms with Crippen LogP contribution >= 0.6 is 0 Å². The number of aryl methyl sites for hydroxylation is 1. The topological polar surface area (TPSA) is 81.8 Å². The molecule has 26 heavy (non-hydrogen) atoms. The fraction of sp³-hybridized carbons (Fsp3) is 0.368. The van der Waals surface area contributed by atoms with E-state index in [1.807, 2.05) is 12.3 Å². The predicted octanol–water partition coefficient (Wildman–Crippen LogP) is 2.67. The van der Waals surface area contributed by atoms with E-state index in [-0.39, 0.29) is 11.5 Å². The molecule has 136 valence electrons. The lowest BCUT2D eigenvalue weighted by molar-refractivity contribution is -0.116. The highest BCUT2D eigenvalue weighted by Crippen LogP contribution is 2.15. The number of benzene rings is 1. The van der Waals surface area contributed by atoms with E-state index in [0.717, 1.165) is 0 Å². The molecule has 2 aromatic heterocycles. The summed E-state index contributed by atoms with van der Waals surface area (Å²) in [7, 11) is 0. The highest BCUT2D eigenvalue weighted by molar-refractivity contribution is 5.93. The normalized spacial score (nSPS) is 11.2. The van der Waals surface area contributed by atoms with Crippen LogP contribution in [0.15, 0.2) is 47.8 Å². The van der Waals surface area contributed by atoms with Gasteiger partial charge < -0.3 is 5.32 Å². The van der Waals surface area contributed by atoms with Gasteiger partial charge in [-0.3, -0.25) is 18.8 Å². The zero-order chi connectivity index (χ0) is 18.5. The number of rotatable bonds is 7. The summed E-state index contributed by atoms with van der Waals surface area (Å²) in [6, 6.07) is 7.09. The average molecular weight is 353 g/mol. The molecule has 1 amide bonds. The van der Waals surface area contributed by atoms with Crippen molar-refractivity contribution in [2.45, 2.75) is 39.8 Å². The van der Waals surface area contributed by atoms with Crippen molar-refractivity contribution in [1.29, 1.82) is 0 Å². The van der Waals surface area contributed by atoms with Gasteiger partial charge in [0.2, 0.25) is 5.91 Å². The van der Waals surface area contributed by atoms with E-state index >= 15 is 0 Å². The number of anilines is 1. The van der Waals surface area contributed by atoms with Gasteiger partial charge in [-0.25, -0.2) is 4.98 Å². The maximum absolute atomic E-state index is 12.6. The highest BCUT2D eigenvalue weighted by atomic mass is 16.1. The molecule has 0 radical (unpaired) electrons. The fourth-order valence-electron chi connectivity index (χ4n) is 2.82. The number of carbonyl (C=O) groups excluding carboxylic acids is 1. The fourth-order valence-corrected chi connectivity index (χ4v) is 2.82. The Balaban J connectivity index is 1.68. The van der Waals surface area contributed by atoms with Crippen LogP contribution in [0.1, 0.15) is 26.7 Å². The van der Waals surface area contributed by atoms with Gasteiger partial charge in [0.05, 0.1) is 17.2 Å². The van der Waals surface area contributed by atoms with Crippen LogP contribution in [0.25, 0.3) is 10.9 Å². The third-order valence-electron chi connectivity index (χ3n) is 4.02. The van der Waals surface area contributed by atoms with Gasteiger partial charge in [0.15, 0.2) is 0 Å². The Morgan fingerprint density at radius 3 is 2.88 bits per heavy atom. The van der Waals surface area contributed by atoms with Crippen LogP contribution in [0, 0.1) is 5.92 Å².